The summed E-state index contributed by atoms with van der Waals surface area (Å²) >= 11 is 7.77. The average molecular weight is 403 g/mol. The summed E-state index contributed by atoms with van der Waals surface area (Å²) in [5, 5.41) is 8.10. The molecule has 0 unspecified atom stereocenters. The van der Waals surface area contributed by atoms with Gasteiger partial charge in [0.25, 0.3) is 0 Å². The molecule has 0 saturated carbocycles. The molecule has 0 fully saturated rings. The van der Waals surface area contributed by atoms with E-state index in [1.165, 1.54) is 0 Å². The second-order valence-corrected chi connectivity index (χ2v) is 8.18. The van der Waals surface area contributed by atoms with Crippen molar-refractivity contribution in [1.82, 2.24) is 14.6 Å². The molecular weight excluding hydrogens is 380 g/mol. The fraction of sp³-hybridized carbons (Fsp3) is 0.350. The van der Waals surface area contributed by atoms with E-state index in [9.17, 15) is 4.79 Å². The lowest BCUT2D eigenvalue weighted by Crippen LogP contribution is -2.15. The van der Waals surface area contributed by atoms with Crippen LogP contribution >= 0.6 is 23.4 Å². The predicted octanol–water partition coefficient (Wildman–Crippen LogP) is 4.99. The van der Waals surface area contributed by atoms with Crippen LogP contribution in [0.1, 0.15) is 36.0 Å². The molecule has 0 bridgehead atoms. The number of nitrogens with one attached hydrogen (secondary N) is 1. The van der Waals surface area contributed by atoms with Gasteiger partial charge >= 0.3 is 0 Å². The summed E-state index contributed by atoms with van der Waals surface area (Å²) in [6, 6.07) is 7.55. The molecule has 3 aromatic rings. The van der Waals surface area contributed by atoms with Gasteiger partial charge in [-0.3, -0.25) is 4.79 Å². The van der Waals surface area contributed by atoms with Gasteiger partial charge in [-0.2, -0.15) is 5.10 Å². The van der Waals surface area contributed by atoms with Crippen LogP contribution in [0, 0.1) is 20.8 Å². The number of hydrogen-bond acceptors (Lipinski definition) is 4. The van der Waals surface area contributed by atoms with E-state index in [2.05, 4.69) is 22.3 Å². The van der Waals surface area contributed by atoms with Crippen molar-refractivity contribution >= 4 is 40.6 Å². The van der Waals surface area contributed by atoms with Crippen LogP contribution in [0.15, 0.2) is 29.2 Å². The fourth-order valence-corrected chi connectivity index (χ4v) is 4.05. The number of hydrogen-bond donors (Lipinski definition) is 1. The number of amides is 1. The lowest BCUT2D eigenvalue weighted by atomic mass is 10.1. The highest BCUT2D eigenvalue weighted by molar-refractivity contribution is 7.99. The molecule has 1 aromatic carbocycles. The molecule has 2 aromatic heterocycles. The largest absolute Gasteiger partial charge is 0.325 e. The van der Waals surface area contributed by atoms with Crippen LogP contribution < -0.4 is 5.32 Å². The first-order valence-electron chi connectivity index (χ1n) is 8.93. The Kier molecular flexibility index (Phi) is 6.07. The maximum absolute atomic E-state index is 12.5. The maximum Gasteiger partial charge on any atom is 0.224 e. The van der Waals surface area contributed by atoms with E-state index < -0.39 is 0 Å². The van der Waals surface area contributed by atoms with Gasteiger partial charge in [0.1, 0.15) is 0 Å². The quantitative estimate of drug-likeness (QED) is 0.590. The van der Waals surface area contributed by atoms with Crippen LogP contribution in [0.3, 0.4) is 0 Å². The standard InChI is InChI=1S/C20H23ClN4OS/c1-5-27-18-8-6-15(21)11-17(18)23-20(26)9-7-16-13(3)22-19-10-12(2)24-25(19)14(16)4/h6,8,10-11H,5,7,9H2,1-4H3,(H,23,26). The van der Waals surface area contributed by atoms with Gasteiger partial charge in [0.2, 0.25) is 5.91 Å². The minimum absolute atomic E-state index is 0.0363. The number of aromatic nitrogens is 3. The monoisotopic (exact) mass is 402 g/mol. The van der Waals surface area contributed by atoms with Crippen LogP contribution in [-0.4, -0.2) is 26.3 Å². The minimum Gasteiger partial charge on any atom is -0.325 e. The Bertz CT molecular complexity index is 999. The average Bonchev–Trinajstić information content (AvgIpc) is 2.97. The van der Waals surface area contributed by atoms with Crippen LogP contribution in [-0.2, 0) is 11.2 Å². The summed E-state index contributed by atoms with van der Waals surface area (Å²) in [6.07, 6.45) is 0.986. The summed E-state index contributed by atoms with van der Waals surface area (Å²) in [5.41, 5.74) is 5.58. The van der Waals surface area contributed by atoms with Gasteiger partial charge < -0.3 is 5.32 Å². The number of fused-ring (bicyclic) bond motifs is 1. The minimum atomic E-state index is -0.0363. The Morgan fingerprint density at radius 2 is 2.04 bits per heavy atom. The van der Waals surface area contributed by atoms with Gasteiger partial charge in [-0.1, -0.05) is 18.5 Å². The molecule has 0 aliphatic rings. The highest BCUT2D eigenvalue weighted by atomic mass is 35.5. The summed E-state index contributed by atoms with van der Waals surface area (Å²) in [7, 11) is 0. The third-order valence-electron chi connectivity index (χ3n) is 4.40. The molecule has 0 aliphatic carbocycles. The third-order valence-corrected chi connectivity index (χ3v) is 5.59. The fourth-order valence-electron chi connectivity index (χ4n) is 3.14. The van der Waals surface area contributed by atoms with Crippen molar-refractivity contribution in [2.45, 2.75) is 45.4 Å². The summed E-state index contributed by atoms with van der Waals surface area (Å²) in [4.78, 5) is 18.2. The van der Waals surface area contributed by atoms with Gasteiger partial charge in [-0.05, 0) is 56.7 Å². The van der Waals surface area contributed by atoms with Gasteiger partial charge in [0.15, 0.2) is 5.65 Å². The molecule has 3 rings (SSSR count). The maximum atomic E-state index is 12.5. The Labute approximate surface area is 168 Å². The van der Waals surface area contributed by atoms with Gasteiger partial charge in [0.05, 0.1) is 11.4 Å². The molecule has 0 spiro atoms. The van der Waals surface area contributed by atoms with Crippen LogP contribution in [0.4, 0.5) is 5.69 Å². The molecule has 0 aliphatic heterocycles. The molecule has 7 heteroatoms. The molecular formula is C20H23ClN4OS. The van der Waals surface area contributed by atoms with Gasteiger partial charge in [-0.25, -0.2) is 9.50 Å². The Balaban J connectivity index is 1.75. The molecule has 0 saturated heterocycles. The number of rotatable bonds is 6. The van der Waals surface area contributed by atoms with Crippen LogP contribution in [0.25, 0.3) is 5.65 Å². The summed E-state index contributed by atoms with van der Waals surface area (Å²) in [6.45, 7) is 8.04. The number of benzene rings is 1. The second-order valence-electron chi connectivity index (χ2n) is 6.44. The third kappa shape index (κ3) is 4.45. The Morgan fingerprint density at radius 3 is 2.78 bits per heavy atom. The van der Waals surface area contributed by atoms with E-state index in [0.29, 0.717) is 17.9 Å². The predicted molar refractivity (Wildman–Crippen MR) is 112 cm³/mol. The molecule has 1 amide bonds. The summed E-state index contributed by atoms with van der Waals surface area (Å²) in [5.74, 6) is 0.892. The van der Waals surface area contributed by atoms with E-state index in [1.807, 2.05) is 43.5 Å². The molecule has 142 valence electrons. The first-order valence-corrected chi connectivity index (χ1v) is 10.3. The molecule has 1 N–H and O–H groups in total. The zero-order chi connectivity index (χ0) is 19.6. The van der Waals surface area contributed by atoms with E-state index in [0.717, 1.165) is 44.6 Å². The number of nitrogens with zero attached hydrogens (tertiary/aromatic N) is 3. The number of thioether (sulfide) groups is 1. The van der Waals surface area contributed by atoms with Crippen molar-refractivity contribution < 1.29 is 4.79 Å². The highest BCUT2D eigenvalue weighted by Crippen LogP contribution is 2.30. The van der Waals surface area contributed by atoms with Crippen LogP contribution in [0.2, 0.25) is 5.02 Å². The lowest BCUT2D eigenvalue weighted by molar-refractivity contribution is -0.116. The van der Waals surface area contributed by atoms with E-state index in [1.54, 1.807) is 17.8 Å². The molecule has 0 radical (unpaired) electrons. The molecule has 27 heavy (non-hydrogen) atoms. The van der Waals surface area contributed by atoms with Gasteiger partial charge in [0, 0.05) is 33.8 Å². The molecule has 0 atom stereocenters. The normalized spacial score (nSPS) is 11.1. The first kappa shape index (κ1) is 19.7. The van der Waals surface area contributed by atoms with Crippen molar-refractivity contribution in [3.8, 4) is 0 Å². The zero-order valence-corrected chi connectivity index (χ0v) is 17.5. The van der Waals surface area contributed by atoms with Crippen molar-refractivity contribution in [1.29, 1.82) is 0 Å². The second kappa shape index (κ2) is 8.31. The first-order chi connectivity index (χ1) is 12.9. The lowest BCUT2D eigenvalue weighted by Gasteiger charge is -2.13. The zero-order valence-electron chi connectivity index (χ0n) is 16.0. The number of carbonyl (C=O) groups is 1. The SMILES string of the molecule is CCSc1ccc(Cl)cc1NC(=O)CCc1c(C)nc2cc(C)nn2c1C. The number of halogens is 1. The number of carbonyl (C=O) groups excluding carboxylic acids is 1. The van der Waals surface area contributed by atoms with Crippen molar-refractivity contribution in [2.75, 3.05) is 11.1 Å². The van der Waals surface area contributed by atoms with Crippen LogP contribution in [0.5, 0.6) is 0 Å². The highest BCUT2D eigenvalue weighted by Gasteiger charge is 2.14. The van der Waals surface area contributed by atoms with E-state index >= 15 is 0 Å². The van der Waals surface area contributed by atoms with Crippen molar-refractivity contribution in [3.63, 3.8) is 0 Å². The Hall–Kier alpha value is -2.05. The number of aryl methyl sites for hydroxylation is 3. The van der Waals surface area contributed by atoms with Gasteiger partial charge in [-0.15, -0.1) is 11.8 Å². The van der Waals surface area contributed by atoms with Crippen molar-refractivity contribution in [3.05, 3.63) is 51.9 Å². The van der Waals surface area contributed by atoms with Crippen molar-refractivity contribution in [2.24, 2.45) is 0 Å². The van der Waals surface area contributed by atoms with E-state index in [4.69, 9.17) is 11.6 Å². The topological polar surface area (TPSA) is 59.3 Å². The molecule has 2 heterocycles. The van der Waals surface area contributed by atoms with E-state index in [-0.39, 0.29) is 5.91 Å². The number of anilines is 1. The smallest absolute Gasteiger partial charge is 0.224 e. The Morgan fingerprint density at radius 1 is 1.26 bits per heavy atom. The molecule has 5 nitrogen and oxygen atoms in total. The summed E-state index contributed by atoms with van der Waals surface area (Å²) < 4.78 is 1.85.